The van der Waals surface area contributed by atoms with Gasteiger partial charge in [0, 0.05) is 24.1 Å². The Morgan fingerprint density at radius 3 is 2.48 bits per heavy atom. The van der Waals surface area contributed by atoms with Gasteiger partial charge in [0.05, 0.1) is 5.69 Å². The molecule has 0 atom stereocenters. The van der Waals surface area contributed by atoms with E-state index in [2.05, 4.69) is 4.98 Å². The van der Waals surface area contributed by atoms with Gasteiger partial charge in [-0.3, -0.25) is 0 Å². The number of nitrogens with zero attached hydrogens (tertiary/aromatic N) is 1. The van der Waals surface area contributed by atoms with Gasteiger partial charge in [-0.05, 0) is 23.8 Å². The van der Waals surface area contributed by atoms with E-state index in [0.717, 1.165) is 29.5 Å². The molecule has 1 aromatic heterocycles. The number of pyridine rings is 1. The standard InChI is InChI=1S/C16H18F2N2O/c1-16(2,3)14-6-10(9-19)7-15(20-14)21-13-8-11(17)4-5-12(13)18/h4-8H,9,19H2,1-3H3. The van der Waals surface area contributed by atoms with E-state index < -0.39 is 11.6 Å². The smallest absolute Gasteiger partial charge is 0.219 e. The van der Waals surface area contributed by atoms with Crippen LogP contribution in [0.5, 0.6) is 11.6 Å². The Kier molecular flexibility index (Phi) is 4.23. The maximum absolute atomic E-state index is 13.6. The first-order chi connectivity index (χ1) is 9.79. The zero-order valence-electron chi connectivity index (χ0n) is 12.3. The van der Waals surface area contributed by atoms with E-state index in [1.807, 2.05) is 26.8 Å². The van der Waals surface area contributed by atoms with E-state index in [1.165, 1.54) is 0 Å². The van der Waals surface area contributed by atoms with E-state index >= 15 is 0 Å². The first kappa shape index (κ1) is 15.4. The Morgan fingerprint density at radius 2 is 1.86 bits per heavy atom. The largest absolute Gasteiger partial charge is 0.436 e. The van der Waals surface area contributed by atoms with Crippen LogP contribution in [0.4, 0.5) is 8.78 Å². The number of hydrogen-bond donors (Lipinski definition) is 1. The molecule has 0 aliphatic heterocycles. The third kappa shape index (κ3) is 3.76. The summed E-state index contributed by atoms with van der Waals surface area (Å²) in [5, 5.41) is 0. The van der Waals surface area contributed by atoms with Crippen LogP contribution in [-0.2, 0) is 12.0 Å². The highest BCUT2D eigenvalue weighted by Crippen LogP contribution is 2.28. The summed E-state index contributed by atoms with van der Waals surface area (Å²) in [7, 11) is 0. The van der Waals surface area contributed by atoms with Crippen molar-refractivity contribution in [2.75, 3.05) is 0 Å². The van der Waals surface area contributed by atoms with Crippen LogP contribution in [0.15, 0.2) is 30.3 Å². The van der Waals surface area contributed by atoms with Gasteiger partial charge in [0.25, 0.3) is 0 Å². The fourth-order valence-electron chi connectivity index (χ4n) is 1.78. The Balaban J connectivity index is 2.42. The monoisotopic (exact) mass is 292 g/mol. The van der Waals surface area contributed by atoms with Gasteiger partial charge >= 0.3 is 0 Å². The third-order valence-corrected chi connectivity index (χ3v) is 2.97. The zero-order valence-corrected chi connectivity index (χ0v) is 12.3. The van der Waals surface area contributed by atoms with Crippen molar-refractivity contribution >= 4 is 0 Å². The molecule has 0 saturated carbocycles. The number of hydrogen-bond acceptors (Lipinski definition) is 3. The Labute approximate surface area is 122 Å². The van der Waals surface area contributed by atoms with Crippen molar-refractivity contribution in [2.24, 2.45) is 5.73 Å². The van der Waals surface area contributed by atoms with Crippen molar-refractivity contribution < 1.29 is 13.5 Å². The predicted molar refractivity (Wildman–Crippen MR) is 77.3 cm³/mol. The molecule has 2 aromatic rings. The normalized spacial score (nSPS) is 11.5. The summed E-state index contributed by atoms with van der Waals surface area (Å²) in [6.45, 7) is 6.32. The lowest BCUT2D eigenvalue weighted by Gasteiger charge is -2.19. The molecule has 5 heteroatoms. The van der Waals surface area contributed by atoms with Crippen molar-refractivity contribution in [3.63, 3.8) is 0 Å². The second-order valence-corrected chi connectivity index (χ2v) is 5.83. The molecule has 0 saturated heterocycles. The molecule has 0 amide bonds. The molecule has 1 aromatic carbocycles. The molecule has 0 aliphatic rings. The van der Waals surface area contributed by atoms with Crippen molar-refractivity contribution in [3.8, 4) is 11.6 Å². The number of ether oxygens (including phenoxy) is 1. The summed E-state index contributed by atoms with van der Waals surface area (Å²) >= 11 is 0. The highest BCUT2D eigenvalue weighted by molar-refractivity contribution is 5.33. The minimum atomic E-state index is -0.645. The maximum Gasteiger partial charge on any atom is 0.219 e. The molecule has 2 rings (SSSR count). The lowest BCUT2D eigenvalue weighted by molar-refractivity contribution is 0.415. The summed E-state index contributed by atoms with van der Waals surface area (Å²) in [4.78, 5) is 4.35. The van der Waals surface area contributed by atoms with Crippen molar-refractivity contribution in [3.05, 3.63) is 53.2 Å². The predicted octanol–water partition coefficient (Wildman–Crippen LogP) is 3.91. The van der Waals surface area contributed by atoms with Crippen molar-refractivity contribution in [1.29, 1.82) is 0 Å². The second-order valence-electron chi connectivity index (χ2n) is 5.83. The number of nitrogens with two attached hydrogens (primary N) is 1. The molecule has 0 bridgehead atoms. The summed E-state index contributed by atoms with van der Waals surface area (Å²) in [6.07, 6.45) is 0. The molecule has 0 spiro atoms. The third-order valence-electron chi connectivity index (χ3n) is 2.97. The molecular weight excluding hydrogens is 274 g/mol. The van der Waals surface area contributed by atoms with E-state index in [4.69, 9.17) is 10.5 Å². The molecule has 112 valence electrons. The van der Waals surface area contributed by atoms with Gasteiger partial charge in [-0.25, -0.2) is 13.8 Å². The summed E-state index contributed by atoms with van der Waals surface area (Å²) in [6, 6.07) is 6.55. The molecule has 0 unspecified atom stereocenters. The fraction of sp³-hybridized carbons (Fsp3) is 0.312. The summed E-state index contributed by atoms with van der Waals surface area (Å²) < 4.78 is 32.2. The molecule has 0 fully saturated rings. The van der Waals surface area contributed by atoms with Crippen LogP contribution < -0.4 is 10.5 Å². The van der Waals surface area contributed by atoms with E-state index in [1.54, 1.807) is 6.07 Å². The van der Waals surface area contributed by atoms with Crippen LogP contribution in [0.25, 0.3) is 0 Å². The second kappa shape index (κ2) is 5.77. The van der Waals surface area contributed by atoms with E-state index in [9.17, 15) is 8.78 Å². The molecule has 3 nitrogen and oxygen atoms in total. The van der Waals surface area contributed by atoms with Crippen molar-refractivity contribution in [1.82, 2.24) is 4.98 Å². The molecule has 0 radical (unpaired) electrons. The van der Waals surface area contributed by atoms with Crippen LogP contribution >= 0.6 is 0 Å². The highest BCUT2D eigenvalue weighted by Gasteiger charge is 2.18. The fourth-order valence-corrected chi connectivity index (χ4v) is 1.78. The molecular formula is C16H18F2N2O. The minimum absolute atomic E-state index is 0.198. The number of rotatable bonds is 3. The average Bonchev–Trinajstić information content (AvgIpc) is 2.41. The van der Waals surface area contributed by atoms with E-state index in [-0.39, 0.29) is 17.0 Å². The van der Waals surface area contributed by atoms with Gasteiger partial charge in [-0.15, -0.1) is 0 Å². The topological polar surface area (TPSA) is 48.1 Å². The van der Waals surface area contributed by atoms with Gasteiger partial charge in [0.1, 0.15) is 5.82 Å². The summed E-state index contributed by atoms with van der Waals surface area (Å²) in [5.41, 5.74) is 7.05. The van der Waals surface area contributed by atoms with Crippen LogP contribution in [0.3, 0.4) is 0 Å². The van der Waals surface area contributed by atoms with Crippen LogP contribution in [-0.4, -0.2) is 4.98 Å². The lowest BCUT2D eigenvalue weighted by atomic mass is 9.91. The molecule has 2 N–H and O–H groups in total. The summed E-state index contributed by atoms with van der Waals surface area (Å²) in [5.74, 6) is -1.21. The quantitative estimate of drug-likeness (QED) is 0.933. The number of benzene rings is 1. The molecule has 1 heterocycles. The zero-order chi connectivity index (χ0) is 15.6. The number of halogens is 2. The molecule has 21 heavy (non-hydrogen) atoms. The maximum atomic E-state index is 13.6. The Bertz CT molecular complexity index is 651. The van der Waals surface area contributed by atoms with Gasteiger partial charge < -0.3 is 10.5 Å². The first-order valence-electron chi connectivity index (χ1n) is 6.64. The van der Waals surface area contributed by atoms with E-state index in [0.29, 0.717) is 6.54 Å². The average molecular weight is 292 g/mol. The molecule has 0 aliphatic carbocycles. The van der Waals surface area contributed by atoms with Crippen LogP contribution in [0.2, 0.25) is 0 Å². The van der Waals surface area contributed by atoms with Gasteiger partial charge in [-0.2, -0.15) is 0 Å². The van der Waals surface area contributed by atoms with Crippen LogP contribution in [0.1, 0.15) is 32.0 Å². The van der Waals surface area contributed by atoms with Gasteiger partial charge in [0.2, 0.25) is 5.88 Å². The van der Waals surface area contributed by atoms with Gasteiger partial charge in [-0.1, -0.05) is 20.8 Å². The highest BCUT2D eigenvalue weighted by atomic mass is 19.1. The minimum Gasteiger partial charge on any atom is -0.436 e. The Morgan fingerprint density at radius 1 is 1.14 bits per heavy atom. The van der Waals surface area contributed by atoms with Gasteiger partial charge in [0.15, 0.2) is 11.6 Å². The van der Waals surface area contributed by atoms with Crippen LogP contribution in [0, 0.1) is 11.6 Å². The first-order valence-corrected chi connectivity index (χ1v) is 6.64. The van der Waals surface area contributed by atoms with Crippen molar-refractivity contribution in [2.45, 2.75) is 32.7 Å². The number of aromatic nitrogens is 1. The Hall–Kier alpha value is -2.01. The SMILES string of the molecule is CC(C)(C)c1cc(CN)cc(Oc2cc(F)ccc2F)n1. The lowest BCUT2D eigenvalue weighted by Crippen LogP contribution is -2.15.